The van der Waals surface area contributed by atoms with E-state index in [0.717, 1.165) is 26.1 Å². The van der Waals surface area contributed by atoms with E-state index in [1.165, 1.54) is 10.5 Å². The summed E-state index contributed by atoms with van der Waals surface area (Å²) in [4.78, 5) is 43.9. The van der Waals surface area contributed by atoms with E-state index < -0.39 is 5.54 Å². The Bertz CT molecular complexity index is 781. The Morgan fingerprint density at radius 2 is 1.73 bits per heavy atom. The monoisotopic (exact) mass is 412 g/mol. The van der Waals surface area contributed by atoms with Gasteiger partial charge in [0, 0.05) is 45.2 Å². The van der Waals surface area contributed by atoms with E-state index in [0.29, 0.717) is 45.2 Å². The fourth-order valence-corrected chi connectivity index (χ4v) is 4.99. The van der Waals surface area contributed by atoms with Gasteiger partial charge in [-0.05, 0) is 37.7 Å². The molecule has 1 spiro atoms. The second-order valence-corrected chi connectivity index (χ2v) is 8.81. The van der Waals surface area contributed by atoms with Crippen LogP contribution in [0.25, 0.3) is 0 Å². The van der Waals surface area contributed by atoms with Gasteiger partial charge in [0.1, 0.15) is 5.54 Å². The van der Waals surface area contributed by atoms with Crippen molar-refractivity contribution < 1.29 is 14.4 Å². The van der Waals surface area contributed by atoms with Crippen LogP contribution in [0, 0.1) is 0 Å². The fraction of sp³-hybridized carbons (Fsp3) is 0.609. The summed E-state index contributed by atoms with van der Waals surface area (Å²) in [6, 6.07) is 9.97. The standard InChI is InChI=1S/C23H32N4O3/c1-2-6-20(28)26-13-9-19(10-14-26)27-21(29)23(24-22(27)30)11-15-25(16-12-23)17-18-7-4-3-5-8-18/h3-5,7-8,19H,2,6,9-17H2,1H3,(H,24,30). The number of nitrogens with one attached hydrogen (secondary N) is 1. The highest BCUT2D eigenvalue weighted by atomic mass is 16.2. The van der Waals surface area contributed by atoms with Gasteiger partial charge in [0.2, 0.25) is 5.91 Å². The highest BCUT2D eigenvalue weighted by Crippen LogP contribution is 2.33. The van der Waals surface area contributed by atoms with Crippen LogP contribution in [0.3, 0.4) is 0 Å². The summed E-state index contributed by atoms with van der Waals surface area (Å²) in [5, 5.41) is 3.04. The first-order valence-corrected chi connectivity index (χ1v) is 11.2. The molecule has 1 aromatic carbocycles. The topological polar surface area (TPSA) is 73.0 Å². The first-order chi connectivity index (χ1) is 14.5. The molecular weight excluding hydrogens is 380 g/mol. The van der Waals surface area contributed by atoms with Gasteiger partial charge in [0.15, 0.2) is 0 Å². The quantitative estimate of drug-likeness (QED) is 0.754. The van der Waals surface area contributed by atoms with Crippen LogP contribution in [0.1, 0.15) is 51.0 Å². The maximum Gasteiger partial charge on any atom is 0.325 e. The number of urea groups is 1. The fourth-order valence-electron chi connectivity index (χ4n) is 4.99. The van der Waals surface area contributed by atoms with Crippen LogP contribution in [-0.2, 0) is 16.1 Å². The van der Waals surface area contributed by atoms with Gasteiger partial charge >= 0.3 is 6.03 Å². The molecule has 0 unspecified atom stereocenters. The van der Waals surface area contributed by atoms with Gasteiger partial charge in [0.25, 0.3) is 5.91 Å². The Morgan fingerprint density at radius 3 is 2.37 bits per heavy atom. The van der Waals surface area contributed by atoms with Crippen molar-refractivity contribution >= 4 is 17.8 Å². The third-order valence-corrected chi connectivity index (χ3v) is 6.80. The molecule has 3 fully saturated rings. The zero-order valence-electron chi connectivity index (χ0n) is 17.8. The molecule has 4 rings (SSSR count). The van der Waals surface area contributed by atoms with Crippen LogP contribution >= 0.6 is 0 Å². The number of imide groups is 1. The number of amides is 4. The van der Waals surface area contributed by atoms with Crippen LogP contribution in [0.15, 0.2) is 30.3 Å². The average molecular weight is 413 g/mol. The van der Waals surface area contributed by atoms with Crippen LogP contribution in [0.4, 0.5) is 4.79 Å². The highest BCUT2D eigenvalue weighted by Gasteiger charge is 2.54. The number of likely N-dealkylation sites (tertiary alicyclic amines) is 2. The summed E-state index contributed by atoms with van der Waals surface area (Å²) in [6.07, 6.45) is 4.05. The number of piperidine rings is 2. The summed E-state index contributed by atoms with van der Waals surface area (Å²) in [7, 11) is 0. The number of hydrogen-bond acceptors (Lipinski definition) is 4. The number of benzene rings is 1. The zero-order chi connectivity index (χ0) is 21.1. The predicted molar refractivity (Wildman–Crippen MR) is 114 cm³/mol. The number of carbonyl (C=O) groups excluding carboxylic acids is 3. The predicted octanol–water partition coefficient (Wildman–Crippen LogP) is 2.36. The molecule has 3 aliphatic heterocycles. The third kappa shape index (κ3) is 4.08. The maximum atomic E-state index is 13.3. The van der Waals surface area contributed by atoms with Crippen LogP contribution < -0.4 is 5.32 Å². The minimum Gasteiger partial charge on any atom is -0.343 e. The molecule has 3 saturated heterocycles. The molecule has 4 amide bonds. The van der Waals surface area contributed by atoms with Crippen molar-refractivity contribution in [3.05, 3.63) is 35.9 Å². The Hall–Kier alpha value is -2.41. The molecule has 0 aliphatic carbocycles. The summed E-state index contributed by atoms with van der Waals surface area (Å²) in [5.74, 6) is 0.112. The Morgan fingerprint density at radius 1 is 1.07 bits per heavy atom. The molecule has 0 radical (unpaired) electrons. The van der Waals surface area contributed by atoms with Crippen molar-refractivity contribution in [2.45, 2.75) is 63.6 Å². The van der Waals surface area contributed by atoms with Gasteiger partial charge in [-0.2, -0.15) is 0 Å². The van der Waals surface area contributed by atoms with E-state index in [1.54, 1.807) is 0 Å². The summed E-state index contributed by atoms with van der Waals surface area (Å²) in [6.45, 7) is 5.70. The SMILES string of the molecule is CCCC(=O)N1CCC(N2C(=O)NC3(CCN(Cc4ccccc4)CC3)C2=O)CC1. The highest BCUT2D eigenvalue weighted by molar-refractivity contribution is 6.07. The number of hydrogen-bond donors (Lipinski definition) is 1. The Balaban J connectivity index is 1.34. The van der Waals surface area contributed by atoms with Gasteiger partial charge in [-0.1, -0.05) is 37.3 Å². The molecule has 30 heavy (non-hydrogen) atoms. The second-order valence-electron chi connectivity index (χ2n) is 8.81. The van der Waals surface area contributed by atoms with Gasteiger partial charge in [0.05, 0.1) is 0 Å². The van der Waals surface area contributed by atoms with Crippen molar-refractivity contribution in [1.82, 2.24) is 20.0 Å². The zero-order valence-corrected chi connectivity index (χ0v) is 17.8. The average Bonchev–Trinajstić information content (AvgIpc) is 3.00. The largest absolute Gasteiger partial charge is 0.343 e. The lowest BCUT2D eigenvalue weighted by atomic mass is 9.86. The Labute approximate surface area is 178 Å². The van der Waals surface area contributed by atoms with Gasteiger partial charge in [-0.3, -0.25) is 19.4 Å². The van der Waals surface area contributed by atoms with Crippen molar-refractivity contribution in [2.75, 3.05) is 26.2 Å². The molecule has 7 heteroatoms. The minimum atomic E-state index is -0.751. The van der Waals surface area contributed by atoms with E-state index in [4.69, 9.17) is 0 Å². The first-order valence-electron chi connectivity index (χ1n) is 11.2. The molecule has 0 atom stereocenters. The molecule has 3 aliphatic rings. The molecule has 7 nitrogen and oxygen atoms in total. The molecule has 0 saturated carbocycles. The van der Waals surface area contributed by atoms with Crippen molar-refractivity contribution in [1.29, 1.82) is 0 Å². The van der Waals surface area contributed by atoms with E-state index >= 15 is 0 Å². The first kappa shape index (κ1) is 20.8. The van der Waals surface area contributed by atoms with Crippen LogP contribution in [0.2, 0.25) is 0 Å². The lowest BCUT2D eigenvalue weighted by Crippen LogP contribution is -2.55. The smallest absolute Gasteiger partial charge is 0.325 e. The molecular formula is C23H32N4O3. The van der Waals surface area contributed by atoms with Gasteiger partial charge in [-0.15, -0.1) is 0 Å². The van der Waals surface area contributed by atoms with Gasteiger partial charge in [-0.25, -0.2) is 4.79 Å². The van der Waals surface area contributed by atoms with E-state index in [9.17, 15) is 14.4 Å². The second kappa shape index (κ2) is 8.76. The molecule has 0 bridgehead atoms. The van der Waals surface area contributed by atoms with Crippen LogP contribution in [0.5, 0.6) is 0 Å². The molecule has 1 N–H and O–H groups in total. The van der Waals surface area contributed by atoms with Crippen molar-refractivity contribution in [3.63, 3.8) is 0 Å². The maximum absolute atomic E-state index is 13.3. The number of nitrogens with zero attached hydrogens (tertiary/aromatic N) is 3. The molecule has 0 aromatic heterocycles. The minimum absolute atomic E-state index is 0.0646. The lowest BCUT2D eigenvalue weighted by Gasteiger charge is -2.38. The number of carbonyl (C=O) groups is 3. The third-order valence-electron chi connectivity index (χ3n) is 6.80. The van der Waals surface area contributed by atoms with E-state index in [-0.39, 0.29) is 23.9 Å². The molecule has 3 heterocycles. The van der Waals surface area contributed by atoms with E-state index in [2.05, 4.69) is 22.3 Å². The lowest BCUT2D eigenvalue weighted by molar-refractivity contribution is -0.136. The van der Waals surface area contributed by atoms with E-state index in [1.807, 2.05) is 30.0 Å². The summed E-state index contributed by atoms with van der Waals surface area (Å²) < 4.78 is 0. The normalized spacial score (nSPS) is 22.6. The van der Waals surface area contributed by atoms with Crippen molar-refractivity contribution in [3.8, 4) is 0 Å². The van der Waals surface area contributed by atoms with Crippen molar-refractivity contribution in [2.24, 2.45) is 0 Å². The molecule has 1 aromatic rings. The number of rotatable bonds is 5. The summed E-state index contributed by atoms with van der Waals surface area (Å²) >= 11 is 0. The van der Waals surface area contributed by atoms with Gasteiger partial charge < -0.3 is 10.2 Å². The molecule has 162 valence electrons. The summed E-state index contributed by atoms with van der Waals surface area (Å²) in [5.41, 5.74) is 0.514. The Kier molecular flexibility index (Phi) is 6.09. The van der Waals surface area contributed by atoms with Crippen LogP contribution in [-0.4, -0.2) is 70.3 Å².